The summed E-state index contributed by atoms with van der Waals surface area (Å²) in [5.41, 5.74) is -1.67. The number of nitrogens with one attached hydrogen (secondary N) is 1. The van der Waals surface area contributed by atoms with Crippen LogP contribution < -0.4 is 5.32 Å². The van der Waals surface area contributed by atoms with E-state index in [0.29, 0.717) is 11.8 Å². The van der Waals surface area contributed by atoms with Crippen molar-refractivity contribution in [3.05, 3.63) is 35.4 Å². The van der Waals surface area contributed by atoms with Crippen molar-refractivity contribution in [3.8, 4) is 0 Å². The summed E-state index contributed by atoms with van der Waals surface area (Å²) in [6.45, 7) is 3.58. The lowest BCUT2D eigenvalue weighted by molar-refractivity contribution is -0.138. The van der Waals surface area contributed by atoms with Gasteiger partial charge in [0.25, 0.3) is 5.91 Å². The van der Waals surface area contributed by atoms with Crippen molar-refractivity contribution >= 4 is 11.9 Å². The summed E-state index contributed by atoms with van der Waals surface area (Å²) < 4.78 is 43.5. The van der Waals surface area contributed by atoms with Gasteiger partial charge in [-0.2, -0.15) is 13.2 Å². The second-order valence-corrected chi connectivity index (χ2v) is 6.56. The van der Waals surface area contributed by atoms with Crippen molar-refractivity contribution in [1.82, 2.24) is 5.32 Å². The summed E-state index contributed by atoms with van der Waals surface area (Å²) in [5.74, 6) is -0.864. The van der Waals surface area contributed by atoms with Crippen LogP contribution in [0.15, 0.2) is 24.3 Å². The zero-order valence-corrected chi connectivity index (χ0v) is 14.2. The molecule has 0 aromatic heterocycles. The summed E-state index contributed by atoms with van der Waals surface area (Å²) in [7, 11) is 0. The largest absolute Gasteiger partial charge is 0.452 e. The van der Waals surface area contributed by atoms with Crippen LogP contribution in [-0.4, -0.2) is 24.5 Å². The highest BCUT2D eigenvalue weighted by atomic mass is 19.4. The first-order valence-corrected chi connectivity index (χ1v) is 8.33. The summed E-state index contributed by atoms with van der Waals surface area (Å²) in [4.78, 5) is 23.9. The van der Waals surface area contributed by atoms with Gasteiger partial charge in [-0.05, 0) is 30.4 Å². The average Bonchev–Trinajstić information content (AvgIpc) is 2.56. The van der Waals surface area contributed by atoms with E-state index in [0.717, 1.165) is 31.4 Å². The minimum atomic E-state index is -4.66. The minimum absolute atomic E-state index is 0.00239. The first-order valence-electron chi connectivity index (χ1n) is 8.33. The number of hydrogen-bond donors (Lipinski definition) is 1. The van der Waals surface area contributed by atoms with Gasteiger partial charge in [-0.25, -0.2) is 4.79 Å². The number of halogens is 3. The van der Waals surface area contributed by atoms with Crippen LogP contribution in [-0.2, 0) is 15.7 Å². The maximum absolute atomic E-state index is 12.9. The van der Waals surface area contributed by atoms with E-state index in [1.54, 1.807) is 0 Å². The molecule has 1 aromatic rings. The smallest absolute Gasteiger partial charge is 0.417 e. The van der Waals surface area contributed by atoms with E-state index in [1.807, 2.05) is 0 Å². The van der Waals surface area contributed by atoms with E-state index in [2.05, 4.69) is 19.2 Å². The second-order valence-electron chi connectivity index (χ2n) is 6.56. The van der Waals surface area contributed by atoms with Crippen molar-refractivity contribution in [2.45, 2.75) is 45.3 Å². The summed E-state index contributed by atoms with van der Waals surface area (Å²) in [6.07, 6.45) is -1.69. The molecule has 0 heterocycles. The Morgan fingerprint density at radius 3 is 2.56 bits per heavy atom. The fraction of sp³-hybridized carbons (Fsp3) is 0.556. The lowest BCUT2D eigenvalue weighted by Gasteiger charge is -2.34. The lowest BCUT2D eigenvalue weighted by atomic mass is 9.78. The molecular formula is C18H22F3NO3. The number of amides is 1. The summed E-state index contributed by atoms with van der Waals surface area (Å²) in [5, 5.41) is 2.81. The summed E-state index contributed by atoms with van der Waals surface area (Å²) in [6, 6.07) is 4.35. The molecule has 0 bridgehead atoms. The van der Waals surface area contributed by atoms with Gasteiger partial charge in [0.15, 0.2) is 6.61 Å². The highest BCUT2D eigenvalue weighted by molar-refractivity contribution is 5.93. The van der Waals surface area contributed by atoms with Gasteiger partial charge in [-0.15, -0.1) is 0 Å². The fourth-order valence-corrected chi connectivity index (χ4v) is 3.15. The third-order valence-corrected chi connectivity index (χ3v) is 4.84. The minimum Gasteiger partial charge on any atom is -0.452 e. The van der Waals surface area contributed by atoms with Crippen molar-refractivity contribution in [1.29, 1.82) is 0 Å². The topological polar surface area (TPSA) is 55.4 Å². The quantitative estimate of drug-likeness (QED) is 0.834. The van der Waals surface area contributed by atoms with Crippen molar-refractivity contribution < 1.29 is 27.5 Å². The Balaban J connectivity index is 1.93. The molecule has 4 nitrogen and oxygen atoms in total. The maximum Gasteiger partial charge on any atom is 0.417 e. The Labute approximate surface area is 144 Å². The predicted molar refractivity (Wildman–Crippen MR) is 85.8 cm³/mol. The molecule has 7 heteroatoms. The molecule has 0 radical (unpaired) electrons. The number of carbonyl (C=O) groups is 2. The standard InChI is InChI=1S/C18H22F3NO3/c1-11-6-5-9-15(12(11)2)22-16(23)10-25-17(24)13-7-3-4-8-14(13)18(19,20)21/h3-4,7-8,11-12,15H,5-6,9-10H2,1-2H3,(H,22,23)/t11-,12+,15-/m1/s1. The van der Waals surface area contributed by atoms with Crippen LogP contribution in [0, 0.1) is 11.8 Å². The van der Waals surface area contributed by atoms with Gasteiger partial charge >= 0.3 is 12.1 Å². The van der Waals surface area contributed by atoms with E-state index in [-0.39, 0.29) is 6.04 Å². The van der Waals surface area contributed by atoms with Crippen LogP contribution in [0.25, 0.3) is 0 Å². The Morgan fingerprint density at radius 2 is 1.88 bits per heavy atom. The van der Waals surface area contributed by atoms with E-state index in [9.17, 15) is 22.8 Å². The Kier molecular flexibility index (Phi) is 6.08. The van der Waals surface area contributed by atoms with Crippen LogP contribution in [0.5, 0.6) is 0 Å². The Bertz CT molecular complexity index is 630. The van der Waals surface area contributed by atoms with E-state index in [1.165, 1.54) is 12.1 Å². The third-order valence-electron chi connectivity index (χ3n) is 4.84. The van der Waals surface area contributed by atoms with E-state index >= 15 is 0 Å². The zero-order chi connectivity index (χ0) is 18.6. The molecule has 1 fully saturated rings. The molecule has 0 saturated heterocycles. The number of carbonyl (C=O) groups excluding carboxylic acids is 2. The highest BCUT2D eigenvalue weighted by Gasteiger charge is 2.35. The summed E-state index contributed by atoms with van der Waals surface area (Å²) >= 11 is 0. The fourth-order valence-electron chi connectivity index (χ4n) is 3.15. The average molecular weight is 357 g/mol. The third kappa shape index (κ3) is 4.96. The molecule has 1 N–H and O–H groups in total. The molecule has 1 aliphatic rings. The molecule has 2 rings (SSSR count). The first kappa shape index (κ1) is 19.3. The molecule has 25 heavy (non-hydrogen) atoms. The highest BCUT2D eigenvalue weighted by Crippen LogP contribution is 2.32. The van der Waals surface area contributed by atoms with Crippen molar-refractivity contribution in [2.75, 3.05) is 6.61 Å². The second kappa shape index (κ2) is 7.89. The van der Waals surface area contributed by atoms with Crippen LogP contribution in [0.3, 0.4) is 0 Å². The predicted octanol–water partition coefficient (Wildman–Crippen LogP) is 3.80. The maximum atomic E-state index is 12.9. The van der Waals surface area contributed by atoms with E-state index in [4.69, 9.17) is 4.74 Å². The van der Waals surface area contributed by atoms with Crippen molar-refractivity contribution in [3.63, 3.8) is 0 Å². The first-order chi connectivity index (χ1) is 11.7. The van der Waals surface area contributed by atoms with Crippen LogP contribution >= 0.6 is 0 Å². The van der Waals surface area contributed by atoms with Gasteiger partial charge in [0.05, 0.1) is 11.1 Å². The molecule has 1 aromatic carbocycles. The number of hydrogen-bond acceptors (Lipinski definition) is 3. The van der Waals surface area contributed by atoms with E-state index < -0.39 is 35.8 Å². The number of alkyl halides is 3. The molecule has 0 aliphatic heterocycles. The Hall–Kier alpha value is -2.05. The zero-order valence-electron chi connectivity index (χ0n) is 14.2. The molecule has 0 unspecified atom stereocenters. The van der Waals surface area contributed by atoms with Gasteiger partial charge < -0.3 is 10.1 Å². The van der Waals surface area contributed by atoms with Gasteiger partial charge in [0.2, 0.25) is 0 Å². The SMILES string of the molecule is C[C@H]1[C@H](C)CCC[C@H]1NC(=O)COC(=O)c1ccccc1C(F)(F)F. The van der Waals surface area contributed by atoms with Crippen LogP contribution in [0.2, 0.25) is 0 Å². The number of rotatable bonds is 4. The van der Waals surface area contributed by atoms with Gasteiger partial charge in [0.1, 0.15) is 0 Å². The van der Waals surface area contributed by atoms with Crippen molar-refractivity contribution in [2.24, 2.45) is 11.8 Å². The molecule has 3 atom stereocenters. The molecule has 1 saturated carbocycles. The van der Waals surface area contributed by atoms with Gasteiger partial charge in [-0.3, -0.25) is 4.79 Å². The molecule has 1 amide bonds. The monoisotopic (exact) mass is 357 g/mol. The van der Waals surface area contributed by atoms with Gasteiger partial charge in [-0.1, -0.05) is 38.8 Å². The van der Waals surface area contributed by atoms with Crippen LogP contribution in [0.4, 0.5) is 13.2 Å². The Morgan fingerprint density at radius 1 is 1.20 bits per heavy atom. The number of ether oxygens (including phenoxy) is 1. The number of benzene rings is 1. The molecular weight excluding hydrogens is 335 g/mol. The lowest BCUT2D eigenvalue weighted by Crippen LogP contribution is -2.45. The van der Waals surface area contributed by atoms with Crippen LogP contribution in [0.1, 0.15) is 49.0 Å². The molecule has 138 valence electrons. The molecule has 1 aliphatic carbocycles. The molecule has 0 spiro atoms. The van der Waals surface area contributed by atoms with Gasteiger partial charge in [0, 0.05) is 6.04 Å². The number of esters is 1. The normalized spacial score (nSPS) is 23.8.